The quantitative estimate of drug-likeness (QED) is 0.328. The van der Waals surface area contributed by atoms with Gasteiger partial charge in [-0.1, -0.05) is 0 Å². The molecule has 13 heteroatoms. The van der Waals surface area contributed by atoms with E-state index in [4.69, 9.17) is 10.5 Å². The summed E-state index contributed by atoms with van der Waals surface area (Å²) >= 11 is 0. The number of benzene rings is 2. The molecule has 0 bridgehead atoms. The molecule has 208 valence electrons. The number of aliphatic hydroxyl groups excluding tert-OH is 2. The van der Waals surface area contributed by atoms with E-state index in [0.717, 1.165) is 23.1 Å². The highest BCUT2D eigenvalue weighted by atomic mass is 19.1. The zero-order valence-corrected chi connectivity index (χ0v) is 21.0. The van der Waals surface area contributed by atoms with Crippen molar-refractivity contribution in [2.24, 2.45) is 11.1 Å². The molecule has 5 rings (SSSR count). The normalized spacial score (nSPS) is 19.1. The minimum Gasteiger partial charge on any atom is -0.457 e. The molecule has 4 amide bonds. The first kappa shape index (κ1) is 27.0. The third kappa shape index (κ3) is 5.28. The third-order valence-electron chi connectivity index (χ3n) is 6.83. The molecule has 11 nitrogen and oxygen atoms in total. The monoisotopic (exact) mass is 553 g/mol. The Bertz CT molecular complexity index is 1460. The maximum Gasteiger partial charge on any atom is 0.323 e. The van der Waals surface area contributed by atoms with Crippen molar-refractivity contribution in [2.45, 2.75) is 25.0 Å². The standard InChI is InChI=1S/C27H25F2N5O6/c28-15-1-3-16(4-2-15)34(25(38)27(8-9-27)24(30)37)20-6-5-17(11-19(20)29)40-18-7-10-31-23(12-18)32-26(39)33-13-21(35)22(36)14-33/h1-7,10-12,21-22,35-36H,8-9,13-14H2,(H2,30,37)(H,31,32,39). The molecule has 2 heterocycles. The van der Waals surface area contributed by atoms with Crippen molar-refractivity contribution < 1.29 is 38.1 Å². The van der Waals surface area contributed by atoms with E-state index in [2.05, 4.69) is 10.3 Å². The summed E-state index contributed by atoms with van der Waals surface area (Å²) in [6.07, 6.45) is -0.266. The van der Waals surface area contributed by atoms with Crippen LogP contribution in [0.4, 0.5) is 30.8 Å². The Morgan fingerprint density at radius 1 is 1.00 bits per heavy atom. The van der Waals surface area contributed by atoms with Crippen LogP contribution >= 0.6 is 0 Å². The van der Waals surface area contributed by atoms with Crippen molar-refractivity contribution in [1.29, 1.82) is 0 Å². The summed E-state index contributed by atoms with van der Waals surface area (Å²) in [6, 6.07) is 10.8. The lowest BCUT2D eigenvalue weighted by atomic mass is 10.0. The number of likely N-dealkylation sites (tertiary alicyclic amines) is 1. The predicted octanol–water partition coefficient (Wildman–Crippen LogP) is 2.65. The lowest BCUT2D eigenvalue weighted by molar-refractivity contribution is -0.133. The molecule has 3 aromatic rings. The lowest BCUT2D eigenvalue weighted by Crippen LogP contribution is -2.41. The number of hydrogen-bond acceptors (Lipinski definition) is 7. The Morgan fingerprint density at radius 3 is 2.25 bits per heavy atom. The number of hydrogen-bond donors (Lipinski definition) is 4. The van der Waals surface area contributed by atoms with Gasteiger partial charge in [-0.2, -0.15) is 0 Å². The van der Waals surface area contributed by atoms with Gasteiger partial charge < -0.3 is 25.6 Å². The SMILES string of the molecule is NC(=O)C1(C(=O)N(c2ccc(F)cc2)c2ccc(Oc3ccnc(NC(=O)N4CC(O)C(O)C4)c3)cc2F)CC1. The summed E-state index contributed by atoms with van der Waals surface area (Å²) in [5.41, 5.74) is 3.98. The second-order valence-electron chi connectivity index (χ2n) is 9.63. The highest BCUT2D eigenvalue weighted by Gasteiger charge is 2.57. The van der Waals surface area contributed by atoms with Crippen molar-refractivity contribution in [3.8, 4) is 11.5 Å². The number of urea groups is 1. The van der Waals surface area contributed by atoms with Crippen molar-refractivity contribution in [2.75, 3.05) is 23.3 Å². The molecule has 0 spiro atoms. The number of carbonyl (C=O) groups excluding carboxylic acids is 3. The van der Waals surface area contributed by atoms with Gasteiger partial charge in [-0.3, -0.25) is 19.8 Å². The molecule has 40 heavy (non-hydrogen) atoms. The molecule has 2 atom stereocenters. The lowest BCUT2D eigenvalue weighted by Gasteiger charge is -2.27. The van der Waals surface area contributed by atoms with E-state index in [1.165, 1.54) is 47.5 Å². The van der Waals surface area contributed by atoms with Gasteiger partial charge in [0.25, 0.3) is 0 Å². The van der Waals surface area contributed by atoms with Gasteiger partial charge in [0.1, 0.15) is 28.5 Å². The summed E-state index contributed by atoms with van der Waals surface area (Å²) in [5, 5.41) is 21.8. The van der Waals surface area contributed by atoms with E-state index in [-0.39, 0.29) is 54.6 Å². The van der Waals surface area contributed by atoms with E-state index < -0.39 is 47.1 Å². The maximum absolute atomic E-state index is 15.4. The molecule has 1 saturated heterocycles. The molecule has 1 aliphatic carbocycles. The van der Waals surface area contributed by atoms with Crippen molar-refractivity contribution in [1.82, 2.24) is 9.88 Å². The summed E-state index contributed by atoms with van der Waals surface area (Å²) in [5.74, 6) is -2.57. The molecule has 2 aromatic carbocycles. The van der Waals surface area contributed by atoms with E-state index in [1.807, 2.05) is 0 Å². The number of anilines is 3. The number of amides is 4. The van der Waals surface area contributed by atoms with Crippen LogP contribution in [0, 0.1) is 17.0 Å². The van der Waals surface area contributed by atoms with E-state index in [1.54, 1.807) is 0 Å². The summed E-state index contributed by atoms with van der Waals surface area (Å²) in [4.78, 5) is 44.1. The van der Waals surface area contributed by atoms with Gasteiger partial charge in [0.15, 0.2) is 5.82 Å². The Morgan fingerprint density at radius 2 is 1.65 bits per heavy atom. The smallest absolute Gasteiger partial charge is 0.323 e. The van der Waals surface area contributed by atoms with Gasteiger partial charge in [0.2, 0.25) is 11.8 Å². The number of halogens is 2. The first-order valence-corrected chi connectivity index (χ1v) is 12.3. The molecular formula is C27H25F2N5O6. The number of β-amino-alcohol motifs (C(OH)–C–C–N with tert-alkyl or cyclic N) is 2. The molecule has 1 saturated carbocycles. The number of aromatic nitrogens is 1. The summed E-state index contributed by atoms with van der Waals surface area (Å²) < 4.78 is 34.7. The Hall–Kier alpha value is -4.62. The second kappa shape index (κ2) is 10.5. The minimum absolute atomic E-state index is 0.0349. The number of aliphatic hydroxyl groups is 2. The number of nitrogens with two attached hydrogens (primary N) is 1. The highest BCUT2D eigenvalue weighted by Crippen LogP contribution is 2.49. The van der Waals surface area contributed by atoms with Crippen LogP contribution in [-0.2, 0) is 9.59 Å². The number of rotatable bonds is 7. The van der Waals surface area contributed by atoms with E-state index >= 15 is 4.39 Å². The molecule has 2 unspecified atom stereocenters. The molecule has 5 N–H and O–H groups in total. The first-order valence-electron chi connectivity index (χ1n) is 12.3. The molecule has 1 aromatic heterocycles. The number of ether oxygens (including phenoxy) is 1. The van der Waals surface area contributed by atoms with Gasteiger partial charge in [0.05, 0.1) is 31.0 Å². The largest absolute Gasteiger partial charge is 0.457 e. The van der Waals surface area contributed by atoms with Crippen LogP contribution in [0.5, 0.6) is 11.5 Å². The van der Waals surface area contributed by atoms with Gasteiger partial charge in [-0.15, -0.1) is 0 Å². The fourth-order valence-electron chi connectivity index (χ4n) is 4.40. The topological polar surface area (TPSA) is 158 Å². The minimum atomic E-state index is -1.46. The zero-order valence-electron chi connectivity index (χ0n) is 21.0. The fraction of sp³-hybridized carbons (Fsp3) is 0.259. The number of nitrogens with zero attached hydrogens (tertiary/aromatic N) is 3. The van der Waals surface area contributed by atoms with Crippen LogP contribution in [0.1, 0.15) is 12.8 Å². The van der Waals surface area contributed by atoms with Crippen LogP contribution in [0.3, 0.4) is 0 Å². The molecule has 2 aliphatic rings. The van der Waals surface area contributed by atoms with Gasteiger partial charge in [-0.25, -0.2) is 18.6 Å². The van der Waals surface area contributed by atoms with Crippen LogP contribution in [0.15, 0.2) is 60.8 Å². The first-order chi connectivity index (χ1) is 19.1. The predicted molar refractivity (Wildman–Crippen MR) is 138 cm³/mol. The molecular weight excluding hydrogens is 528 g/mol. The summed E-state index contributed by atoms with van der Waals surface area (Å²) in [6.45, 7) is -0.0698. The number of pyridine rings is 1. The average Bonchev–Trinajstić information content (AvgIpc) is 3.66. The second-order valence-corrected chi connectivity index (χ2v) is 9.63. The van der Waals surface area contributed by atoms with Crippen LogP contribution < -0.4 is 20.7 Å². The number of primary amides is 1. The highest BCUT2D eigenvalue weighted by molar-refractivity contribution is 6.16. The van der Waals surface area contributed by atoms with Gasteiger partial charge in [0, 0.05) is 24.0 Å². The van der Waals surface area contributed by atoms with E-state index in [9.17, 15) is 29.0 Å². The zero-order chi connectivity index (χ0) is 28.6. The number of carbonyl (C=O) groups is 3. The average molecular weight is 554 g/mol. The fourth-order valence-corrected chi connectivity index (χ4v) is 4.40. The van der Waals surface area contributed by atoms with Crippen molar-refractivity contribution in [3.63, 3.8) is 0 Å². The third-order valence-corrected chi connectivity index (χ3v) is 6.83. The van der Waals surface area contributed by atoms with Crippen LogP contribution in [0.25, 0.3) is 0 Å². The van der Waals surface area contributed by atoms with Crippen LogP contribution in [-0.4, -0.2) is 63.2 Å². The van der Waals surface area contributed by atoms with Crippen LogP contribution in [0.2, 0.25) is 0 Å². The van der Waals surface area contributed by atoms with E-state index in [0.29, 0.717) is 0 Å². The van der Waals surface area contributed by atoms with Crippen molar-refractivity contribution >= 4 is 35.0 Å². The summed E-state index contributed by atoms with van der Waals surface area (Å²) in [7, 11) is 0. The van der Waals surface area contributed by atoms with Gasteiger partial charge in [-0.05, 0) is 55.3 Å². The number of nitrogens with one attached hydrogen (secondary N) is 1. The molecule has 1 aliphatic heterocycles. The van der Waals surface area contributed by atoms with Gasteiger partial charge >= 0.3 is 6.03 Å². The maximum atomic E-state index is 15.4. The Labute approximate surface area is 226 Å². The molecule has 0 radical (unpaired) electrons. The van der Waals surface area contributed by atoms with Crippen molar-refractivity contribution in [3.05, 3.63) is 72.4 Å². The molecule has 2 fully saturated rings. The Balaban J connectivity index is 1.36. The Kier molecular flexibility index (Phi) is 7.08.